The number of carbonyl (C=O) groups excluding carboxylic acids is 2. The Kier molecular flexibility index (Phi) is 36.1. The van der Waals surface area contributed by atoms with Gasteiger partial charge in [0.05, 0.1) is 27.7 Å². The summed E-state index contributed by atoms with van der Waals surface area (Å²) < 4.78 is 34.0. The molecule has 0 saturated carbocycles. The maximum Gasteiger partial charge on any atom is 0.306 e. The Labute approximate surface area is 349 Å². The summed E-state index contributed by atoms with van der Waals surface area (Å²) in [5, 5.41) is 0. The Morgan fingerprint density at radius 1 is 0.574 bits per heavy atom. The van der Waals surface area contributed by atoms with E-state index >= 15 is 0 Å². The van der Waals surface area contributed by atoms with Crippen molar-refractivity contribution < 1.29 is 42.1 Å². The van der Waals surface area contributed by atoms with E-state index in [1.807, 2.05) is 21.1 Å². The minimum absolute atomic E-state index is 0.0359. The Morgan fingerprint density at radius 3 is 1.43 bits per heavy atom. The van der Waals surface area contributed by atoms with E-state index in [2.05, 4.69) is 45.7 Å². The van der Waals surface area contributed by atoms with Crippen molar-refractivity contribution in [2.45, 2.75) is 209 Å². The molecule has 0 rings (SSSR count). The molecule has 322 valence electrons. The van der Waals surface area contributed by atoms with Gasteiger partial charge in [-0.25, -0.2) is 0 Å². The van der Waals surface area contributed by atoms with E-state index < -0.39 is 32.5 Å². The predicted molar refractivity (Wildman–Crippen MR) is 229 cm³/mol. The lowest BCUT2D eigenvalue weighted by Gasteiger charge is -2.28. The van der Waals surface area contributed by atoms with Crippen molar-refractivity contribution in [1.82, 2.24) is 0 Å². The molecule has 0 heterocycles. The second kappa shape index (κ2) is 36.1. The van der Waals surface area contributed by atoms with Gasteiger partial charge < -0.3 is 27.9 Å². The molecule has 9 nitrogen and oxygen atoms in total. The average Bonchev–Trinajstić information content (AvgIpc) is 3.11. The van der Waals surface area contributed by atoms with Crippen molar-refractivity contribution in [1.29, 1.82) is 0 Å². The number of phosphoric ester groups is 1. The molecule has 0 aromatic carbocycles. The number of unbranched alkanes of at least 4 members (excludes halogenated alkanes) is 21. The molecule has 0 aliphatic carbocycles. The van der Waals surface area contributed by atoms with Gasteiger partial charge in [0.1, 0.15) is 19.8 Å². The maximum atomic E-state index is 12.8. The second-order valence-electron chi connectivity index (χ2n) is 16.3. The molecule has 3 unspecified atom stereocenters. The van der Waals surface area contributed by atoms with Crippen molar-refractivity contribution in [2.75, 3.05) is 47.5 Å². The van der Waals surface area contributed by atoms with Crippen LogP contribution in [0.3, 0.4) is 0 Å². The molecule has 0 radical (unpaired) electrons. The van der Waals surface area contributed by atoms with E-state index in [-0.39, 0.29) is 26.1 Å². The molecule has 0 saturated heterocycles. The van der Waals surface area contributed by atoms with E-state index in [1.54, 1.807) is 0 Å². The number of halogens is 2. The molecule has 0 spiro atoms. The normalized spacial score (nSPS) is 14.7. The number of carbonyl (C=O) groups is 2. The third-order valence-electron chi connectivity index (χ3n) is 9.73. The summed E-state index contributed by atoms with van der Waals surface area (Å²) in [6.45, 7) is 4.19. The molecule has 0 aromatic heterocycles. The van der Waals surface area contributed by atoms with Crippen LogP contribution >= 0.6 is 39.7 Å². The van der Waals surface area contributed by atoms with Crippen LogP contribution in [0, 0.1) is 0 Å². The molecular formula is C42H82Br2NO8P. The highest BCUT2D eigenvalue weighted by molar-refractivity contribution is 9.12. The first-order valence-corrected chi connectivity index (χ1v) is 25.1. The number of esters is 2. The lowest BCUT2D eigenvalue weighted by Crippen LogP contribution is -2.37. The number of phosphoric acid groups is 1. The molecule has 0 aliphatic rings. The third kappa shape index (κ3) is 37.5. The molecule has 0 amide bonds. The minimum Gasteiger partial charge on any atom is -0.756 e. The lowest BCUT2D eigenvalue weighted by atomic mass is 10.0. The van der Waals surface area contributed by atoms with Crippen LogP contribution in [-0.4, -0.2) is 79.7 Å². The van der Waals surface area contributed by atoms with Crippen molar-refractivity contribution >= 4 is 51.6 Å². The number of quaternary nitrogens is 1. The summed E-state index contributed by atoms with van der Waals surface area (Å²) in [7, 11) is 1.15. The van der Waals surface area contributed by atoms with Crippen LogP contribution in [0.4, 0.5) is 0 Å². The summed E-state index contributed by atoms with van der Waals surface area (Å²) in [5.41, 5.74) is 0. The van der Waals surface area contributed by atoms with Gasteiger partial charge in [-0.05, 0) is 25.7 Å². The average molecular weight is 920 g/mol. The lowest BCUT2D eigenvalue weighted by molar-refractivity contribution is -0.870. The zero-order valence-corrected chi connectivity index (χ0v) is 39.3. The van der Waals surface area contributed by atoms with Crippen molar-refractivity contribution in [3.63, 3.8) is 0 Å². The highest BCUT2D eigenvalue weighted by Crippen LogP contribution is 2.38. The fraction of sp³-hybridized carbons (Fsp3) is 0.952. The summed E-state index contributed by atoms with van der Waals surface area (Å²) in [5.74, 6) is -0.863. The zero-order chi connectivity index (χ0) is 40.3. The fourth-order valence-corrected chi connectivity index (χ4v) is 8.07. The Balaban J connectivity index is 4.51. The number of hydrogen-bond acceptors (Lipinski definition) is 8. The molecule has 0 aromatic rings. The maximum absolute atomic E-state index is 12.8. The number of alkyl halides is 2. The van der Waals surface area contributed by atoms with Gasteiger partial charge in [-0.3, -0.25) is 14.2 Å². The summed E-state index contributed by atoms with van der Waals surface area (Å²) in [6, 6.07) is 0. The standard InChI is InChI=1S/C42H82Br2NO8P/c1-6-8-10-12-14-16-17-18-19-21-23-25-27-32-41(46)50-36-38(37-52-54(48,49)51-35-34-45(3,4)5)53-42(47)33-29-28-31-40(44)39(43)30-26-24-22-20-15-13-11-9-7-2/h38-40H,6-37H2,1-5H3/t38-,39?,40?/m1/s1. The van der Waals surface area contributed by atoms with Gasteiger partial charge in [0.25, 0.3) is 7.82 Å². The van der Waals surface area contributed by atoms with Crippen LogP contribution < -0.4 is 4.89 Å². The van der Waals surface area contributed by atoms with E-state index in [0.29, 0.717) is 27.1 Å². The van der Waals surface area contributed by atoms with Crippen LogP contribution in [0.25, 0.3) is 0 Å². The fourth-order valence-electron chi connectivity index (χ4n) is 6.16. The predicted octanol–water partition coefficient (Wildman–Crippen LogP) is 12.1. The van der Waals surface area contributed by atoms with Crippen LogP contribution in [0.2, 0.25) is 0 Å². The van der Waals surface area contributed by atoms with Gasteiger partial charge in [-0.15, -0.1) is 0 Å². The van der Waals surface area contributed by atoms with E-state index in [9.17, 15) is 19.0 Å². The number of hydrogen-bond donors (Lipinski definition) is 0. The molecule has 0 fully saturated rings. The highest BCUT2D eigenvalue weighted by atomic mass is 79.9. The van der Waals surface area contributed by atoms with Gasteiger partial charge in [0, 0.05) is 22.5 Å². The highest BCUT2D eigenvalue weighted by Gasteiger charge is 2.22. The quantitative estimate of drug-likeness (QED) is 0.0196. The molecular weight excluding hydrogens is 837 g/mol. The van der Waals surface area contributed by atoms with Crippen LogP contribution in [0.15, 0.2) is 0 Å². The minimum atomic E-state index is -4.64. The molecule has 12 heteroatoms. The monoisotopic (exact) mass is 917 g/mol. The Morgan fingerprint density at radius 2 is 0.963 bits per heavy atom. The molecule has 4 atom stereocenters. The van der Waals surface area contributed by atoms with E-state index in [0.717, 1.165) is 38.5 Å². The number of nitrogens with zero attached hydrogens (tertiary/aromatic N) is 1. The number of rotatable bonds is 40. The summed E-state index contributed by atoms with van der Waals surface area (Å²) in [6.07, 6.45) is 30.6. The topological polar surface area (TPSA) is 111 Å². The van der Waals surface area contributed by atoms with Crippen molar-refractivity contribution in [3.8, 4) is 0 Å². The van der Waals surface area contributed by atoms with Crippen LogP contribution in [0.5, 0.6) is 0 Å². The smallest absolute Gasteiger partial charge is 0.306 e. The second-order valence-corrected chi connectivity index (χ2v) is 20.0. The third-order valence-corrected chi connectivity index (χ3v) is 13.6. The molecule has 0 bridgehead atoms. The summed E-state index contributed by atoms with van der Waals surface area (Å²) >= 11 is 7.67. The molecule has 0 N–H and O–H groups in total. The largest absolute Gasteiger partial charge is 0.756 e. The van der Waals surface area contributed by atoms with Crippen LogP contribution in [0.1, 0.15) is 194 Å². The van der Waals surface area contributed by atoms with E-state index in [1.165, 1.54) is 122 Å². The Hall–Kier alpha value is -0.0300. The van der Waals surface area contributed by atoms with Crippen molar-refractivity contribution in [2.24, 2.45) is 0 Å². The van der Waals surface area contributed by atoms with Gasteiger partial charge in [0.2, 0.25) is 0 Å². The molecule has 0 aliphatic heterocycles. The number of ether oxygens (including phenoxy) is 2. The van der Waals surface area contributed by atoms with Crippen molar-refractivity contribution in [3.05, 3.63) is 0 Å². The summed E-state index contributed by atoms with van der Waals surface area (Å²) in [4.78, 5) is 38.4. The Bertz CT molecular complexity index is 938. The van der Waals surface area contributed by atoms with Gasteiger partial charge in [-0.1, -0.05) is 187 Å². The van der Waals surface area contributed by atoms with Crippen LogP contribution in [-0.2, 0) is 32.7 Å². The van der Waals surface area contributed by atoms with E-state index in [4.69, 9.17) is 18.5 Å². The van der Waals surface area contributed by atoms with Gasteiger partial charge in [0.15, 0.2) is 6.10 Å². The first kappa shape index (κ1) is 54.0. The zero-order valence-electron chi connectivity index (χ0n) is 35.3. The number of likely N-dealkylation sites (N-methyl/N-ethyl adjacent to an activating group) is 1. The van der Waals surface area contributed by atoms with Gasteiger partial charge >= 0.3 is 11.9 Å². The van der Waals surface area contributed by atoms with Gasteiger partial charge in [-0.2, -0.15) is 0 Å². The first-order chi connectivity index (χ1) is 25.8. The first-order valence-electron chi connectivity index (χ1n) is 21.8. The SMILES string of the molecule is CCCCCCCCCCCCCCCC(=O)OC[C@H](COP(=O)([O-])OCC[N+](C)(C)C)OC(=O)CCCCC(Br)C(Br)CCCCCCCCCCC. The molecule has 54 heavy (non-hydrogen) atoms.